The molecular weight excluding hydrogens is 370 g/mol. The average Bonchev–Trinajstić information content (AvgIpc) is 3.28. The normalized spacial score (nSPS) is 18.2. The van der Waals surface area contributed by atoms with Crippen molar-refractivity contribution in [3.05, 3.63) is 23.8 Å². The number of aliphatic imine (C=N–C) groups is 1. The van der Waals surface area contributed by atoms with Crippen LogP contribution in [0.4, 0.5) is 0 Å². The molecule has 0 aliphatic carbocycles. The molecule has 0 saturated carbocycles. The summed E-state index contributed by atoms with van der Waals surface area (Å²) in [4.78, 5) is 23.5. The number of phenolic OH excluding ortho intramolecular Hbond substituents is 1. The number of amides is 1. The van der Waals surface area contributed by atoms with Crippen LogP contribution in [0, 0.1) is 0 Å². The van der Waals surface area contributed by atoms with Crippen molar-refractivity contribution in [2.24, 2.45) is 4.99 Å². The molecule has 1 aromatic carbocycles. The summed E-state index contributed by atoms with van der Waals surface area (Å²) in [5.74, 6) is 2.01. The number of carbonyl (C=O) groups excluding carboxylic acids is 1. The van der Waals surface area contributed by atoms with Gasteiger partial charge in [-0.2, -0.15) is 0 Å². The van der Waals surface area contributed by atoms with Crippen LogP contribution in [0.5, 0.6) is 11.5 Å². The molecule has 0 aromatic heterocycles. The maximum atomic E-state index is 12.4. The van der Waals surface area contributed by atoms with Crippen LogP contribution in [0.15, 0.2) is 23.2 Å². The molecule has 160 valence electrons. The Hall–Kier alpha value is -2.48. The van der Waals surface area contributed by atoms with Gasteiger partial charge >= 0.3 is 0 Å². The standard InChI is InChI=1S/C21H33N5O3/c1-3-22-21(23-15-17-14-18(29-2)6-7-19(17)27)26-12-10-24(11-13-26)16-20(28)25-8-4-5-9-25/h6-7,14,27H,3-5,8-13,15-16H2,1-2H3,(H,22,23). The first-order chi connectivity index (χ1) is 14.1. The van der Waals surface area contributed by atoms with E-state index in [0.717, 1.165) is 70.2 Å². The Bertz CT molecular complexity index is 710. The molecule has 0 radical (unpaired) electrons. The van der Waals surface area contributed by atoms with Gasteiger partial charge in [0.05, 0.1) is 20.2 Å². The molecule has 0 atom stereocenters. The Kier molecular flexibility index (Phi) is 7.57. The van der Waals surface area contributed by atoms with Gasteiger partial charge in [-0.25, -0.2) is 4.99 Å². The highest BCUT2D eigenvalue weighted by Crippen LogP contribution is 2.23. The zero-order valence-electron chi connectivity index (χ0n) is 17.6. The Labute approximate surface area is 173 Å². The van der Waals surface area contributed by atoms with Crippen molar-refractivity contribution in [3.8, 4) is 11.5 Å². The first-order valence-corrected chi connectivity index (χ1v) is 10.5. The summed E-state index contributed by atoms with van der Waals surface area (Å²) in [6, 6.07) is 5.17. The first kappa shape index (κ1) is 21.2. The quantitative estimate of drug-likeness (QED) is 0.547. The van der Waals surface area contributed by atoms with Crippen LogP contribution in [0.1, 0.15) is 25.3 Å². The van der Waals surface area contributed by atoms with E-state index >= 15 is 0 Å². The van der Waals surface area contributed by atoms with Crippen LogP contribution < -0.4 is 10.1 Å². The van der Waals surface area contributed by atoms with Crippen LogP contribution in [-0.4, -0.2) is 91.1 Å². The highest BCUT2D eigenvalue weighted by Gasteiger charge is 2.24. The fraction of sp³-hybridized carbons (Fsp3) is 0.619. The lowest BCUT2D eigenvalue weighted by Crippen LogP contribution is -2.54. The minimum atomic E-state index is 0.218. The number of methoxy groups -OCH3 is 1. The van der Waals surface area contributed by atoms with Gasteiger partial charge in [0, 0.05) is 51.4 Å². The maximum absolute atomic E-state index is 12.4. The zero-order chi connectivity index (χ0) is 20.6. The van der Waals surface area contributed by atoms with Gasteiger partial charge in [-0.15, -0.1) is 0 Å². The summed E-state index contributed by atoms with van der Waals surface area (Å²) in [6.45, 7) is 8.85. The second-order valence-corrected chi connectivity index (χ2v) is 7.52. The molecule has 0 unspecified atom stereocenters. The lowest BCUT2D eigenvalue weighted by molar-refractivity contribution is -0.131. The lowest BCUT2D eigenvalue weighted by atomic mass is 10.2. The summed E-state index contributed by atoms with van der Waals surface area (Å²) < 4.78 is 5.24. The molecule has 1 amide bonds. The van der Waals surface area contributed by atoms with Crippen LogP contribution in [-0.2, 0) is 11.3 Å². The van der Waals surface area contributed by atoms with E-state index in [2.05, 4.69) is 15.1 Å². The average molecular weight is 404 g/mol. The SMILES string of the molecule is CCNC(=NCc1cc(OC)ccc1O)N1CCN(CC(=O)N2CCCC2)CC1. The Morgan fingerprint density at radius 2 is 1.86 bits per heavy atom. The molecule has 8 nitrogen and oxygen atoms in total. The number of nitrogens with zero attached hydrogens (tertiary/aromatic N) is 4. The smallest absolute Gasteiger partial charge is 0.236 e. The van der Waals surface area contributed by atoms with Crippen molar-refractivity contribution < 1.29 is 14.6 Å². The second kappa shape index (κ2) is 10.3. The van der Waals surface area contributed by atoms with Gasteiger partial charge in [0.15, 0.2) is 5.96 Å². The summed E-state index contributed by atoms with van der Waals surface area (Å²) in [6.07, 6.45) is 2.26. The van der Waals surface area contributed by atoms with Crippen LogP contribution in [0.3, 0.4) is 0 Å². The number of guanidine groups is 1. The Morgan fingerprint density at radius 3 is 2.52 bits per heavy atom. The molecule has 1 aromatic rings. The van der Waals surface area contributed by atoms with E-state index in [9.17, 15) is 9.90 Å². The van der Waals surface area contributed by atoms with E-state index < -0.39 is 0 Å². The fourth-order valence-electron chi connectivity index (χ4n) is 3.78. The minimum absolute atomic E-state index is 0.218. The largest absolute Gasteiger partial charge is 0.508 e. The van der Waals surface area contributed by atoms with E-state index in [-0.39, 0.29) is 11.7 Å². The molecule has 29 heavy (non-hydrogen) atoms. The van der Waals surface area contributed by atoms with Gasteiger partial charge in [-0.1, -0.05) is 0 Å². The summed E-state index contributed by atoms with van der Waals surface area (Å²) in [5.41, 5.74) is 0.731. The summed E-state index contributed by atoms with van der Waals surface area (Å²) in [7, 11) is 1.61. The predicted molar refractivity (Wildman–Crippen MR) is 113 cm³/mol. The van der Waals surface area contributed by atoms with Crippen molar-refractivity contribution >= 4 is 11.9 Å². The highest BCUT2D eigenvalue weighted by molar-refractivity contribution is 5.80. The van der Waals surface area contributed by atoms with Gasteiger partial charge in [-0.3, -0.25) is 9.69 Å². The monoisotopic (exact) mass is 403 g/mol. The molecule has 0 bridgehead atoms. The predicted octanol–water partition coefficient (Wildman–Crippen LogP) is 1.11. The minimum Gasteiger partial charge on any atom is -0.508 e. The van der Waals surface area contributed by atoms with E-state index in [0.29, 0.717) is 18.8 Å². The van der Waals surface area contributed by atoms with Crippen LogP contribution in [0.25, 0.3) is 0 Å². The number of aromatic hydroxyl groups is 1. The summed E-state index contributed by atoms with van der Waals surface area (Å²) in [5, 5.41) is 13.4. The number of rotatable bonds is 6. The van der Waals surface area contributed by atoms with E-state index in [1.807, 2.05) is 17.9 Å². The number of ether oxygens (including phenoxy) is 1. The van der Waals surface area contributed by atoms with Gasteiger partial charge in [0.1, 0.15) is 11.5 Å². The molecule has 2 aliphatic rings. The number of hydrogen-bond acceptors (Lipinski definition) is 5. The molecule has 2 heterocycles. The van der Waals surface area contributed by atoms with Gasteiger partial charge in [-0.05, 0) is 38.0 Å². The maximum Gasteiger partial charge on any atom is 0.236 e. The molecule has 8 heteroatoms. The summed E-state index contributed by atoms with van der Waals surface area (Å²) >= 11 is 0. The van der Waals surface area contributed by atoms with Crippen molar-refractivity contribution in [1.82, 2.24) is 20.0 Å². The molecule has 2 N–H and O–H groups in total. The third kappa shape index (κ3) is 5.76. The Balaban J connectivity index is 1.56. The number of benzene rings is 1. The van der Waals surface area contributed by atoms with Crippen molar-refractivity contribution in [1.29, 1.82) is 0 Å². The number of piperazine rings is 1. The van der Waals surface area contributed by atoms with Crippen molar-refractivity contribution in [2.75, 3.05) is 59.5 Å². The third-order valence-electron chi connectivity index (χ3n) is 5.51. The second-order valence-electron chi connectivity index (χ2n) is 7.52. The number of likely N-dealkylation sites (tertiary alicyclic amines) is 1. The molecule has 2 aliphatic heterocycles. The van der Waals surface area contributed by atoms with Crippen molar-refractivity contribution in [3.63, 3.8) is 0 Å². The molecular formula is C21H33N5O3. The number of phenols is 1. The molecule has 2 saturated heterocycles. The van der Waals surface area contributed by atoms with Crippen molar-refractivity contribution in [2.45, 2.75) is 26.3 Å². The highest BCUT2D eigenvalue weighted by atomic mass is 16.5. The third-order valence-corrected chi connectivity index (χ3v) is 5.51. The zero-order valence-corrected chi connectivity index (χ0v) is 17.6. The van der Waals surface area contributed by atoms with Crippen LogP contribution in [0.2, 0.25) is 0 Å². The van der Waals surface area contributed by atoms with Gasteiger partial charge in [0.2, 0.25) is 5.91 Å². The van der Waals surface area contributed by atoms with Gasteiger partial charge < -0.3 is 25.0 Å². The van der Waals surface area contributed by atoms with E-state index in [4.69, 9.17) is 9.73 Å². The first-order valence-electron chi connectivity index (χ1n) is 10.5. The van der Waals surface area contributed by atoms with Crippen LogP contribution >= 0.6 is 0 Å². The van der Waals surface area contributed by atoms with Gasteiger partial charge in [0.25, 0.3) is 0 Å². The number of carbonyl (C=O) groups is 1. The topological polar surface area (TPSA) is 80.6 Å². The number of hydrogen-bond donors (Lipinski definition) is 2. The lowest BCUT2D eigenvalue weighted by Gasteiger charge is -2.36. The number of nitrogens with one attached hydrogen (secondary N) is 1. The molecule has 3 rings (SSSR count). The van der Waals surface area contributed by atoms with E-state index in [1.54, 1.807) is 19.2 Å². The molecule has 0 spiro atoms. The fourth-order valence-corrected chi connectivity index (χ4v) is 3.78. The van der Waals surface area contributed by atoms with E-state index in [1.165, 1.54) is 0 Å². The molecule has 2 fully saturated rings. The Morgan fingerprint density at radius 1 is 1.14 bits per heavy atom.